The van der Waals surface area contributed by atoms with E-state index in [1.165, 1.54) is 36.1 Å². The maximum atomic E-state index is 10.4. The number of aliphatic hydroxyl groups is 1. The molecule has 1 atom stereocenters. The Kier molecular flexibility index (Phi) is 6.07. The Bertz CT molecular complexity index is 726. The second-order valence-electron chi connectivity index (χ2n) is 7.77. The van der Waals surface area contributed by atoms with Gasteiger partial charge in [0.2, 0.25) is 0 Å². The summed E-state index contributed by atoms with van der Waals surface area (Å²) in [7, 11) is 0. The van der Waals surface area contributed by atoms with Crippen LogP contribution in [0.3, 0.4) is 0 Å². The SMILES string of the molecule is O[C@H](COc1ccccc1CN1CCc2[nH]ncc2C1)CN1CCCCC1. The van der Waals surface area contributed by atoms with Gasteiger partial charge in [-0.05, 0) is 32.0 Å². The Morgan fingerprint density at radius 3 is 2.85 bits per heavy atom. The summed E-state index contributed by atoms with van der Waals surface area (Å²) in [6.45, 7) is 6.02. The summed E-state index contributed by atoms with van der Waals surface area (Å²) in [6, 6.07) is 8.19. The molecule has 0 unspecified atom stereocenters. The number of nitrogens with one attached hydrogen (secondary N) is 1. The van der Waals surface area contributed by atoms with Gasteiger partial charge < -0.3 is 14.7 Å². The summed E-state index contributed by atoms with van der Waals surface area (Å²) in [4.78, 5) is 4.77. The average molecular weight is 370 g/mol. The predicted molar refractivity (Wildman–Crippen MR) is 105 cm³/mol. The number of likely N-dealkylation sites (tertiary alicyclic amines) is 1. The van der Waals surface area contributed by atoms with Crippen LogP contribution in [0.15, 0.2) is 30.5 Å². The Labute approximate surface area is 161 Å². The number of aromatic amines is 1. The third-order valence-corrected chi connectivity index (χ3v) is 5.59. The monoisotopic (exact) mass is 370 g/mol. The first-order chi connectivity index (χ1) is 13.3. The lowest BCUT2D eigenvalue weighted by Crippen LogP contribution is -2.38. The molecule has 1 fully saturated rings. The zero-order valence-corrected chi connectivity index (χ0v) is 15.9. The molecule has 27 heavy (non-hydrogen) atoms. The smallest absolute Gasteiger partial charge is 0.123 e. The van der Waals surface area contributed by atoms with Crippen molar-refractivity contribution in [2.24, 2.45) is 0 Å². The maximum absolute atomic E-state index is 10.4. The molecule has 1 aromatic carbocycles. The largest absolute Gasteiger partial charge is 0.491 e. The van der Waals surface area contributed by atoms with Crippen molar-refractivity contribution in [2.45, 2.75) is 44.9 Å². The Hall–Kier alpha value is -1.89. The third-order valence-electron chi connectivity index (χ3n) is 5.59. The Morgan fingerprint density at radius 2 is 1.96 bits per heavy atom. The standard InChI is InChI=1S/C21H30N4O2/c26-19(15-24-9-4-1-5-10-24)16-27-21-7-3-2-6-17(21)13-25-11-8-20-18(14-25)12-22-23-20/h2-3,6-7,12,19,26H,1,4-5,8-11,13-16H2,(H,22,23)/t19-/m0/s1. The van der Waals surface area contributed by atoms with Crippen LogP contribution in [0.4, 0.5) is 0 Å². The van der Waals surface area contributed by atoms with E-state index in [9.17, 15) is 5.11 Å². The molecule has 0 saturated carbocycles. The molecule has 3 heterocycles. The number of para-hydroxylation sites is 1. The topological polar surface area (TPSA) is 64.6 Å². The van der Waals surface area contributed by atoms with E-state index in [1.54, 1.807) is 0 Å². The van der Waals surface area contributed by atoms with E-state index < -0.39 is 6.10 Å². The number of piperidine rings is 1. The van der Waals surface area contributed by atoms with Gasteiger partial charge in [0, 0.05) is 49.4 Å². The van der Waals surface area contributed by atoms with E-state index in [1.807, 2.05) is 18.3 Å². The lowest BCUT2D eigenvalue weighted by atomic mass is 10.1. The number of aliphatic hydroxyl groups excluding tert-OH is 1. The highest BCUT2D eigenvalue weighted by molar-refractivity contribution is 5.33. The molecule has 0 spiro atoms. The third kappa shape index (κ3) is 4.89. The van der Waals surface area contributed by atoms with Crippen molar-refractivity contribution < 1.29 is 9.84 Å². The van der Waals surface area contributed by atoms with Crippen molar-refractivity contribution in [3.8, 4) is 5.75 Å². The molecule has 2 aliphatic heterocycles. The first kappa shape index (κ1) is 18.5. The summed E-state index contributed by atoms with van der Waals surface area (Å²) in [5.41, 5.74) is 3.72. The number of rotatable bonds is 7. The fourth-order valence-electron chi connectivity index (χ4n) is 4.11. The minimum atomic E-state index is -0.445. The molecule has 0 amide bonds. The fourth-order valence-corrected chi connectivity index (χ4v) is 4.11. The van der Waals surface area contributed by atoms with E-state index >= 15 is 0 Å². The quantitative estimate of drug-likeness (QED) is 0.782. The minimum absolute atomic E-state index is 0.347. The normalized spacial score (nSPS) is 19.6. The van der Waals surface area contributed by atoms with Crippen LogP contribution < -0.4 is 4.74 Å². The predicted octanol–water partition coefficient (Wildman–Crippen LogP) is 2.19. The molecular formula is C21H30N4O2. The van der Waals surface area contributed by atoms with Gasteiger partial charge in [-0.25, -0.2) is 0 Å². The molecule has 0 aliphatic carbocycles. The van der Waals surface area contributed by atoms with Gasteiger partial charge in [0.25, 0.3) is 0 Å². The molecule has 1 aromatic heterocycles. The van der Waals surface area contributed by atoms with Gasteiger partial charge in [-0.15, -0.1) is 0 Å². The Morgan fingerprint density at radius 1 is 1.11 bits per heavy atom. The van der Waals surface area contributed by atoms with Crippen LogP contribution in [0, 0.1) is 0 Å². The number of benzene rings is 1. The van der Waals surface area contributed by atoms with Crippen LogP contribution in [-0.2, 0) is 19.5 Å². The average Bonchev–Trinajstić information content (AvgIpc) is 3.16. The van der Waals surface area contributed by atoms with Crippen molar-refractivity contribution in [2.75, 3.05) is 32.8 Å². The summed E-state index contributed by atoms with van der Waals surface area (Å²) < 4.78 is 6.01. The lowest BCUT2D eigenvalue weighted by Gasteiger charge is -2.29. The minimum Gasteiger partial charge on any atom is -0.491 e. The second kappa shape index (κ2) is 8.87. The first-order valence-electron chi connectivity index (χ1n) is 10.1. The van der Waals surface area contributed by atoms with Gasteiger partial charge in [0.05, 0.1) is 6.20 Å². The number of β-amino-alcohol motifs (C(OH)–C–C–N with tert-alkyl or cyclic N) is 1. The fraction of sp³-hybridized carbons (Fsp3) is 0.571. The highest BCUT2D eigenvalue weighted by Crippen LogP contribution is 2.24. The molecule has 6 nitrogen and oxygen atoms in total. The van der Waals surface area contributed by atoms with E-state index in [0.29, 0.717) is 13.2 Å². The second-order valence-corrected chi connectivity index (χ2v) is 7.77. The van der Waals surface area contributed by atoms with Gasteiger partial charge >= 0.3 is 0 Å². The van der Waals surface area contributed by atoms with Crippen LogP contribution in [0.25, 0.3) is 0 Å². The first-order valence-corrected chi connectivity index (χ1v) is 10.1. The number of nitrogens with zero attached hydrogens (tertiary/aromatic N) is 3. The number of aromatic nitrogens is 2. The molecule has 4 rings (SSSR count). The van der Waals surface area contributed by atoms with Gasteiger partial charge in [-0.2, -0.15) is 5.10 Å². The number of hydrogen-bond donors (Lipinski definition) is 2. The molecule has 2 aromatic rings. The molecule has 0 bridgehead atoms. The van der Waals surface area contributed by atoms with E-state index in [-0.39, 0.29) is 0 Å². The van der Waals surface area contributed by atoms with Crippen LogP contribution in [-0.4, -0.2) is 64.0 Å². The molecule has 6 heteroatoms. The van der Waals surface area contributed by atoms with Gasteiger partial charge in [0.1, 0.15) is 18.5 Å². The number of ether oxygens (including phenoxy) is 1. The van der Waals surface area contributed by atoms with Crippen LogP contribution in [0.5, 0.6) is 5.75 Å². The lowest BCUT2D eigenvalue weighted by molar-refractivity contribution is 0.0611. The summed E-state index contributed by atoms with van der Waals surface area (Å²) >= 11 is 0. The molecular weight excluding hydrogens is 340 g/mol. The van der Waals surface area contributed by atoms with Crippen molar-refractivity contribution in [3.63, 3.8) is 0 Å². The molecule has 2 aliphatic rings. The Balaban J connectivity index is 1.31. The number of hydrogen-bond acceptors (Lipinski definition) is 5. The molecule has 146 valence electrons. The van der Waals surface area contributed by atoms with Crippen LogP contribution in [0.1, 0.15) is 36.1 Å². The molecule has 2 N–H and O–H groups in total. The van der Waals surface area contributed by atoms with Gasteiger partial charge in [-0.3, -0.25) is 10.00 Å². The zero-order valence-electron chi connectivity index (χ0n) is 15.9. The van der Waals surface area contributed by atoms with E-state index in [0.717, 1.165) is 44.9 Å². The highest BCUT2D eigenvalue weighted by atomic mass is 16.5. The summed E-state index contributed by atoms with van der Waals surface area (Å²) in [5, 5.41) is 17.6. The zero-order chi connectivity index (χ0) is 18.5. The van der Waals surface area contributed by atoms with Crippen molar-refractivity contribution in [1.29, 1.82) is 0 Å². The van der Waals surface area contributed by atoms with Crippen molar-refractivity contribution in [3.05, 3.63) is 47.3 Å². The van der Waals surface area contributed by atoms with Crippen molar-refractivity contribution >= 4 is 0 Å². The van der Waals surface area contributed by atoms with Gasteiger partial charge in [0.15, 0.2) is 0 Å². The van der Waals surface area contributed by atoms with Gasteiger partial charge in [-0.1, -0.05) is 24.6 Å². The highest BCUT2D eigenvalue weighted by Gasteiger charge is 2.20. The number of H-pyrrole nitrogens is 1. The summed E-state index contributed by atoms with van der Waals surface area (Å²) in [6.07, 6.45) is 6.29. The maximum Gasteiger partial charge on any atom is 0.123 e. The van der Waals surface area contributed by atoms with E-state index in [4.69, 9.17) is 4.74 Å². The summed E-state index contributed by atoms with van der Waals surface area (Å²) in [5.74, 6) is 0.883. The number of fused-ring (bicyclic) bond motifs is 1. The molecule has 1 saturated heterocycles. The van der Waals surface area contributed by atoms with Crippen LogP contribution >= 0.6 is 0 Å². The van der Waals surface area contributed by atoms with Crippen LogP contribution in [0.2, 0.25) is 0 Å². The van der Waals surface area contributed by atoms with Crippen molar-refractivity contribution in [1.82, 2.24) is 20.0 Å². The van der Waals surface area contributed by atoms with E-state index in [2.05, 4.69) is 32.1 Å². The molecule has 0 radical (unpaired) electrons.